The largest absolute Gasteiger partial charge is 0.396 e. The van der Waals surface area contributed by atoms with Gasteiger partial charge in [0.15, 0.2) is 0 Å². The van der Waals surface area contributed by atoms with Crippen LogP contribution in [-0.4, -0.2) is 24.3 Å². The van der Waals surface area contributed by atoms with Crippen molar-refractivity contribution in [2.75, 3.05) is 13.2 Å². The monoisotopic (exact) mass is 225 g/mol. The normalized spacial score (nSPS) is 25.1. The summed E-state index contributed by atoms with van der Waals surface area (Å²) in [4.78, 5) is 0. The number of hydrogen-bond acceptors (Lipinski definition) is 2. The lowest BCUT2D eigenvalue weighted by atomic mass is 9.66. The van der Waals surface area contributed by atoms with Gasteiger partial charge in [0.05, 0.1) is 0 Å². The van der Waals surface area contributed by atoms with Crippen LogP contribution in [0.4, 0.5) is 0 Å². The van der Waals surface area contributed by atoms with Crippen molar-refractivity contribution in [2.45, 2.75) is 64.3 Å². The van der Waals surface area contributed by atoms with Crippen LogP contribution in [0.5, 0.6) is 0 Å². The maximum absolute atomic E-state index is 9.13. The van der Waals surface area contributed by atoms with E-state index in [1.807, 2.05) is 0 Å². The molecule has 2 fully saturated rings. The van der Waals surface area contributed by atoms with Crippen LogP contribution >= 0.6 is 0 Å². The van der Waals surface area contributed by atoms with Gasteiger partial charge in [-0.05, 0) is 49.9 Å². The minimum atomic E-state index is 0.365. The van der Waals surface area contributed by atoms with Gasteiger partial charge in [0.25, 0.3) is 0 Å². The van der Waals surface area contributed by atoms with Crippen molar-refractivity contribution in [3.05, 3.63) is 0 Å². The van der Waals surface area contributed by atoms with Crippen molar-refractivity contribution < 1.29 is 5.11 Å². The van der Waals surface area contributed by atoms with Gasteiger partial charge in [-0.2, -0.15) is 0 Å². The van der Waals surface area contributed by atoms with Crippen molar-refractivity contribution in [1.82, 2.24) is 5.32 Å². The highest BCUT2D eigenvalue weighted by Crippen LogP contribution is 2.44. The molecule has 1 atom stereocenters. The summed E-state index contributed by atoms with van der Waals surface area (Å²) >= 11 is 0. The average Bonchev–Trinajstić information content (AvgIpc) is 3.03. The van der Waals surface area contributed by atoms with Crippen LogP contribution in [0.3, 0.4) is 0 Å². The fourth-order valence-corrected chi connectivity index (χ4v) is 3.09. The van der Waals surface area contributed by atoms with Crippen molar-refractivity contribution in [1.29, 1.82) is 0 Å². The molecule has 0 spiro atoms. The molecule has 2 nitrogen and oxygen atoms in total. The Morgan fingerprint density at radius 2 is 2.12 bits per heavy atom. The van der Waals surface area contributed by atoms with E-state index in [1.165, 1.54) is 44.9 Å². The van der Waals surface area contributed by atoms with E-state index in [-0.39, 0.29) is 0 Å². The molecule has 0 radical (unpaired) electrons. The third-order valence-corrected chi connectivity index (χ3v) is 4.59. The summed E-state index contributed by atoms with van der Waals surface area (Å²) in [6.45, 7) is 3.79. The van der Waals surface area contributed by atoms with Crippen LogP contribution in [0.15, 0.2) is 0 Å². The Morgan fingerprint density at radius 1 is 1.38 bits per heavy atom. The lowest BCUT2D eigenvalue weighted by Gasteiger charge is -2.43. The number of rotatable bonds is 8. The van der Waals surface area contributed by atoms with Gasteiger partial charge in [-0.25, -0.2) is 0 Å². The van der Waals surface area contributed by atoms with Crippen LogP contribution in [0.25, 0.3) is 0 Å². The highest BCUT2D eigenvalue weighted by molar-refractivity contribution is 4.93. The van der Waals surface area contributed by atoms with Crippen LogP contribution in [0, 0.1) is 11.3 Å². The Bertz CT molecular complexity index is 209. The predicted octanol–water partition coefficient (Wildman–Crippen LogP) is 2.71. The van der Waals surface area contributed by atoms with Gasteiger partial charge in [0, 0.05) is 19.2 Å². The zero-order valence-electron chi connectivity index (χ0n) is 10.7. The Morgan fingerprint density at radius 3 is 2.56 bits per heavy atom. The Kier molecular flexibility index (Phi) is 4.26. The highest BCUT2D eigenvalue weighted by atomic mass is 16.3. The van der Waals surface area contributed by atoms with E-state index in [4.69, 9.17) is 5.11 Å². The van der Waals surface area contributed by atoms with E-state index in [0.717, 1.165) is 24.9 Å². The van der Waals surface area contributed by atoms with Crippen LogP contribution in [0.2, 0.25) is 0 Å². The van der Waals surface area contributed by atoms with Crippen LogP contribution in [-0.2, 0) is 0 Å². The standard InChI is InChI=1S/C14H27NO/c1-2-4-13(12-5-6-12)15-11-14(9-10-16)7-3-8-14/h12-13,15-16H,2-11H2,1H3. The summed E-state index contributed by atoms with van der Waals surface area (Å²) in [5, 5.41) is 12.9. The number of nitrogens with one attached hydrogen (secondary N) is 1. The number of hydrogen-bond donors (Lipinski definition) is 2. The maximum Gasteiger partial charge on any atom is 0.0436 e. The van der Waals surface area contributed by atoms with Crippen molar-refractivity contribution in [3.8, 4) is 0 Å². The molecule has 0 aromatic carbocycles. The minimum Gasteiger partial charge on any atom is -0.396 e. The molecule has 94 valence electrons. The lowest BCUT2D eigenvalue weighted by Crippen LogP contribution is -2.45. The van der Waals surface area contributed by atoms with E-state index in [0.29, 0.717) is 12.0 Å². The van der Waals surface area contributed by atoms with Gasteiger partial charge < -0.3 is 10.4 Å². The molecular formula is C14H27NO. The van der Waals surface area contributed by atoms with Crippen molar-refractivity contribution >= 4 is 0 Å². The Hall–Kier alpha value is -0.0800. The zero-order chi connectivity index (χ0) is 11.4. The van der Waals surface area contributed by atoms with E-state index in [9.17, 15) is 0 Å². The molecule has 2 N–H and O–H groups in total. The minimum absolute atomic E-state index is 0.365. The molecular weight excluding hydrogens is 198 g/mol. The smallest absolute Gasteiger partial charge is 0.0436 e. The third kappa shape index (κ3) is 2.98. The van der Waals surface area contributed by atoms with Gasteiger partial charge in [-0.3, -0.25) is 0 Å². The molecule has 16 heavy (non-hydrogen) atoms. The quantitative estimate of drug-likeness (QED) is 0.665. The second kappa shape index (κ2) is 5.50. The first-order valence-corrected chi connectivity index (χ1v) is 7.14. The maximum atomic E-state index is 9.13. The van der Waals surface area contributed by atoms with Crippen LogP contribution < -0.4 is 5.32 Å². The molecule has 2 heteroatoms. The SMILES string of the molecule is CCCC(NCC1(CCO)CCC1)C1CC1. The molecule has 2 aliphatic carbocycles. The Labute approximate surface area is 99.8 Å². The summed E-state index contributed by atoms with van der Waals surface area (Å²) in [6, 6.07) is 0.765. The van der Waals surface area contributed by atoms with Gasteiger partial charge in [-0.1, -0.05) is 19.8 Å². The van der Waals surface area contributed by atoms with E-state index < -0.39 is 0 Å². The molecule has 1 unspecified atom stereocenters. The highest BCUT2D eigenvalue weighted by Gasteiger charge is 2.38. The first kappa shape index (κ1) is 12.4. The van der Waals surface area contributed by atoms with Gasteiger partial charge >= 0.3 is 0 Å². The predicted molar refractivity (Wildman–Crippen MR) is 67.4 cm³/mol. The topological polar surface area (TPSA) is 32.3 Å². The van der Waals surface area contributed by atoms with Gasteiger partial charge in [0.1, 0.15) is 0 Å². The molecule has 0 amide bonds. The fourth-order valence-electron chi connectivity index (χ4n) is 3.09. The summed E-state index contributed by atoms with van der Waals surface area (Å²) in [7, 11) is 0. The molecule has 2 aliphatic rings. The van der Waals surface area contributed by atoms with Crippen molar-refractivity contribution in [3.63, 3.8) is 0 Å². The summed E-state index contributed by atoms with van der Waals surface area (Å²) < 4.78 is 0. The molecule has 2 saturated carbocycles. The molecule has 0 aromatic rings. The number of aliphatic hydroxyl groups excluding tert-OH is 1. The first-order chi connectivity index (χ1) is 7.79. The molecule has 0 aromatic heterocycles. The van der Waals surface area contributed by atoms with E-state index in [1.54, 1.807) is 0 Å². The lowest BCUT2D eigenvalue weighted by molar-refractivity contribution is 0.0810. The van der Waals surface area contributed by atoms with Gasteiger partial charge in [-0.15, -0.1) is 0 Å². The molecule has 0 heterocycles. The average molecular weight is 225 g/mol. The van der Waals surface area contributed by atoms with Crippen molar-refractivity contribution in [2.24, 2.45) is 11.3 Å². The van der Waals surface area contributed by atoms with Crippen LogP contribution in [0.1, 0.15) is 58.3 Å². The molecule has 0 aliphatic heterocycles. The third-order valence-electron chi connectivity index (χ3n) is 4.59. The summed E-state index contributed by atoms with van der Waals surface area (Å²) in [5.41, 5.74) is 0.454. The summed E-state index contributed by atoms with van der Waals surface area (Å²) in [5.74, 6) is 0.964. The Balaban J connectivity index is 1.74. The van der Waals surface area contributed by atoms with E-state index >= 15 is 0 Å². The second-order valence-electron chi connectivity index (χ2n) is 5.94. The molecule has 0 bridgehead atoms. The second-order valence-corrected chi connectivity index (χ2v) is 5.94. The zero-order valence-corrected chi connectivity index (χ0v) is 10.7. The number of aliphatic hydroxyl groups is 1. The first-order valence-electron chi connectivity index (χ1n) is 7.14. The van der Waals surface area contributed by atoms with Gasteiger partial charge in [0.2, 0.25) is 0 Å². The molecule has 0 saturated heterocycles. The van der Waals surface area contributed by atoms with E-state index in [2.05, 4.69) is 12.2 Å². The molecule has 2 rings (SSSR count). The summed E-state index contributed by atoms with van der Waals surface area (Å²) in [6.07, 6.45) is 10.5. The fraction of sp³-hybridized carbons (Fsp3) is 1.00.